The maximum Gasteiger partial charge on any atom is 0.258 e. The van der Waals surface area contributed by atoms with E-state index in [0.29, 0.717) is 17.0 Å². The van der Waals surface area contributed by atoms with Crippen LogP contribution in [0.4, 0.5) is 5.00 Å². The molecule has 4 nitrogen and oxygen atoms in total. The van der Waals surface area contributed by atoms with Crippen molar-refractivity contribution in [2.75, 3.05) is 5.32 Å². The first kappa shape index (κ1) is 22.2. The monoisotopic (exact) mass is 537 g/mol. The number of hydrogen-bond donors (Lipinski definition) is 2. The van der Waals surface area contributed by atoms with Crippen molar-refractivity contribution in [2.24, 2.45) is 11.3 Å². The largest absolute Gasteiger partial charge is 0.323 e. The van der Waals surface area contributed by atoms with E-state index in [1.807, 2.05) is 18.2 Å². The van der Waals surface area contributed by atoms with Gasteiger partial charge in [-0.1, -0.05) is 39.3 Å². The highest BCUT2D eigenvalue weighted by Crippen LogP contribution is 2.45. The molecule has 1 aromatic heterocycles. The molecule has 1 aliphatic carbocycles. The molecule has 0 saturated carbocycles. The van der Waals surface area contributed by atoms with Crippen molar-refractivity contribution in [1.82, 2.24) is 5.32 Å². The van der Waals surface area contributed by atoms with E-state index in [9.17, 15) is 10.1 Å². The average molecular weight is 537 g/mol. The minimum atomic E-state index is -0.253. The van der Waals surface area contributed by atoms with Crippen LogP contribution in [0.3, 0.4) is 0 Å². The zero-order valence-corrected chi connectivity index (χ0v) is 20.6. The summed E-state index contributed by atoms with van der Waals surface area (Å²) in [5.41, 5.74) is 2.68. The topological polar surface area (TPSA) is 64.9 Å². The minimum Gasteiger partial charge on any atom is -0.323 e. The molecule has 1 atom stereocenters. The highest BCUT2D eigenvalue weighted by atomic mass is 127. The lowest BCUT2D eigenvalue weighted by Gasteiger charge is -2.36. The minimum absolute atomic E-state index is 0.218. The molecule has 0 fully saturated rings. The van der Waals surface area contributed by atoms with Gasteiger partial charge in [0.25, 0.3) is 5.91 Å². The van der Waals surface area contributed by atoms with Crippen molar-refractivity contribution in [2.45, 2.75) is 46.5 Å². The van der Waals surface area contributed by atoms with Crippen molar-refractivity contribution >= 4 is 62.2 Å². The lowest BCUT2D eigenvalue weighted by molar-refractivity contribution is 0.0977. The summed E-state index contributed by atoms with van der Waals surface area (Å²) in [6.07, 6.45) is 4.17. The summed E-state index contributed by atoms with van der Waals surface area (Å²) in [6.45, 7) is 6.90. The number of halogens is 1. The van der Waals surface area contributed by atoms with Crippen LogP contribution < -0.4 is 10.6 Å². The van der Waals surface area contributed by atoms with Gasteiger partial charge in [-0.2, -0.15) is 5.26 Å². The quantitative estimate of drug-likeness (QED) is 0.377. The first-order valence-corrected chi connectivity index (χ1v) is 12.0. The Labute approximate surface area is 195 Å². The van der Waals surface area contributed by atoms with Gasteiger partial charge >= 0.3 is 0 Å². The number of nitriles is 1. The van der Waals surface area contributed by atoms with Gasteiger partial charge in [0.2, 0.25) is 0 Å². The number of thiocarbonyl (C=S) groups is 1. The molecular formula is C22H24IN3OS2. The number of hydrogen-bond acceptors (Lipinski definition) is 4. The van der Waals surface area contributed by atoms with Crippen LogP contribution in [0.25, 0.3) is 0 Å². The van der Waals surface area contributed by atoms with E-state index < -0.39 is 0 Å². The van der Waals surface area contributed by atoms with Gasteiger partial charge in [0.15, 0.2) is 5.11 Å². The molecule has 1 aromatic carbocycles. The van der Waals surface area contributed by atoms with Crippen LogP contribution >= 0.6 is 46.1 Å². The summed E-state index contributed by atoms with van der Waals surface area (Å²) in [4.78, 5) is 13.8. The van der Waals surface area contributed by atoms with Crippen molar-refractivity contribution in [1.29, 1.82) is 5.26 Å². The molecule has 1 aliphatic rings. The van der Waals surface area contributed by atoms with E-state index in [0.717, 1.165) is 39.8 Å². The molecule has 0 bridgehead atoms. The number of rotatable bonds is 4. The molecule has 0 unspecified atom stereocenters. The molecule has 2 aromatic rings. The number of amides is 1. The highest BCUT2D eigenvalue weighted by Gasteiger charge is 2.34. The van der Waals surface area contributed by atoms with Gasteiger partial charge in [-0.15, -0.1) is 11.3 Å². The smallest absolute Gasteiger partial charge is 0.258 e. The maximum atomic E-state index is 12.5. The number of nitrogens with zero attached hydrogens (tertiary/aromatic N) is 1. The molecule has 0 saturated heterocycles. The first-order valence-electron chi connectivity index (χ1n) is 9.68. The van der Waals surface area contributed by atoms with Crippen LogP contribution in [0.5, 0.6) is 0 Å². The Hall–Kier alpha value is -1.50. The van der Waals surface area contributed by atoms with E-state index >= 15 is 0 Å². The second-order valence-electron chi connectivity index (χ2n) is 7.99. The lowest BCUT2D eigenvalue weighted by atomic mass is 9.69. The summed E-state index contributed by atoms with van der Waals surface area (Å²) in [6, 6.07) is 9.69. The Morgan fingerprint density at radius 2 is 2.14 bits per heavy atom. The van der Waals surface area contributed by atoms with Gasteiger partial charge in [0, 0.05) is 8.45 Å². The Balaban J connectivity index is 1.75. The number of carbonyl (C=O) groups is 1. The average Bonchev–Trinajstić information content (AvgIpc) is 3.03. The standard InChI is InChI=1S/C22H24IN3OS2/c1-4-22(2,3)13-9-10-14-16(12-24)20(29-18(14)11-13)26-21(28)25-19(27)15-7-5-6-8-17(15)23/h5-8,13H,4,9-11H2,1-3H3,(H2,25,26,27,28)/t13-/m1/s1. The second-order valence-corrected chi connectivity index (χ2v) is 10.7. The zero-order chi connectivity index (χ0) is 21.2. The number of carbonyl (C=O) groups excluding carboxylic acids is 1. The number of thiophene rings is 1. The number of anilines is 1. The van der Waals surface area contributed by atoms with Crippen molar-refractivity contribution in [3.63, 3.8) is 0 Å². The van der Waals surface area contributed by atoms with E-state index in [-0.39, 0.29) is 16.4 Å². The summed E-state index contributed by atoms with van der Waals surface area (Å²) in [5.74, 6) is 0.363. The third-order valence-electron chi connectivity index (χ3n) is 5.97. The Kier molecular flexibility index (Phi) is 6.97. The van der Waals surface area contributed by atoms with Crippen LogP contribution in [0.15, 0.2) is 24.3 Å². The molecule has 0 aliphatic heterocycles. The number of benzene rings is 1. The molecule has 2 N–H and O–H groups in total. The molecule has 1 heterocycles. The fraction of sp³-hybridized carbons (Fsp3) is 0.409. The summed E-state index contributed by atoms with van der Waals surface area (Å²) in [5, 5.41) is 16.5. The van der Waals surface area contributed by atoms with E-state index in [2.05, 4.69) is 60.1 Å². The first-order chi connectivity index (χ1) is 13.8. The zero-order valence-electron chi connectivity index (χ0n) is 16.8. The van der Waals surface area contributed by atoms with Gasteiger partial charge in [-0.3, -0.25) is 10.1 Å². The Morgan fingerprint density at radius 3 is 2.79 bits per heavy atom. The predicted molar refractivity (Wildman–Crippen MR) is 131 cm³/mol. The van der Waals surface area contributed by atoms with Crippen LogP contribution in [0, 0.1) is 26.2 Å². The number of fused-ring (bicyclic) bond motifs is 1. The second kappa shape index (κ2) is 9.11. The van der Waals surface area contributed by atoms with Gasteiger partial charge in [-0.25, -0.2) is 0 Å². The van der Waals surface area contributed by atoms with Crippen LogP contribution in [0.2, 0.25) is 0 Å². The molecule has 3 rings (SSSR count). The molecular weight excluding hydrogens is 513 g/mol. The molecule has 1 amide bonds. The van der Waals surface area contributed by atoms with Gasteiger partial charge < -0.3 is 5.32 Å². The summed E-state index contributed by atoms with van der Waals surface area (Å²) < 4.78 is 0.860. The van der Waals surface area contributed by atoms with Gasteiger partial charge in [0.1, 0.15) is 11.1 Å². The summed E-state index contributed by atoms with van der Waals surface area (Å²) >= 11 is 9.08. The van der Waals surface area contributed by atoms with Crippen molar-refractivity contribution < 1.29 is 4.79 Å². The van der Waals surface area contributed by atoms with Gasteiger partial charge in [-0.05, 0) is 83.1 Å². The fourth-order valence-corrected chi connectivity index (χ4v) is 5.87. The predicted octanol–water partition coefficient (Wildman–Crippen LogP) is 5.89. The molecule has 152 valence electrons. The van der Waals surface area contributed by atoms with Gasteiger partial charge in [0.05, 0.1) is 11.1 Å². The SMILES string of the molecule is CCC(C)(C)[C@@H]1CCc2c(sc(NC(=S)NC(=O)c3ccccc3I)c2C#N)C1. The molecule has 0 spiro atoms. The third kappa shape index (κ3) is 4.81. The number of nitrogens with one attached hydrogen (secondary N) is 2. The molecule has 29 heavy (non-hydrogen) atoms. The maximum absolute atomic E-state index is 12.5. The van der Waals surface area contributed by atoms with E-state index in [1.54, 1.807) is 17.4 Å². The lowest BCUT2D eigenvalue weighted by Crippen LogP contribution is -2.34. The van der Waals surface area contributed by atoms with E-state index in [4.69, 9.17) is 12.2 Å². The third-order valence-corrected chi connectivity index (χ3v) is 8.28. The van der Waals surface area contributed by atoms with Crippen LogP contribution in [0.1, 0.15) is 60.0 Å². The fourth-order valence-electron chi connectivity index (χ4n) is 3.70. The molecule has 0 radical (unpaired) electrons. The van der Waals surface area contributed by atoms with Crippen molar-refractivity contribution in [3.05, 3.63) is 49.4 Å². The van der Waals surface area contributed by atoms with Crippen molar-refractivity contribution in [3.8, 4) is 6.07 Å². The van der Waals surface area contributed by atoms with Crippen LogP contribution in [-0.4, -0.2) is 11.0 Å². The van der Waals surface area contributed by atoms with E-state index in [1.165, 1.54) is 4.88 Å². The summed E-state index contributed by atoms with van der Waals surface area (Å²) in [7, 11) is 0. The van der Waals surface area contributed by atoms with Crippen LogP contribution in [-0.2, 0) is 12.8 Å². The Bertz CT molecular complexity index is 990. The molecule has 7 heteroatoms. The Morgan fingerprint density at radius 1 is 1.41 bits per heavy atom. The normalized spacial score (nSPS) is 15.9. The highest BCUT2D eigenvalue weighted by molar-refractivity contribution is 14.1.